The molecule has 0 spiro atoms. The lowest BCUT2D eigenvalue weighted by atomic mass is 10.2. The van der Waals surface area contributed by atoms with Gasteiger partial charge in [0.1, 0.15) is 10.3 Å². The maximum Gasteiger partial charge on any atom is 0.335 e. The van der Waals surface area contributed by atoms with E-state index in [1.165, 1.54) is 18.3 Å². The summed E-state index contributed by atoms with van der Waals surface area (Å²) in [6.45, 7) is 0. The summed E-state index contributed by atoms with van der Waals surface area (Å²) in [6.07, 6.45) is 3.09. The molecule has 2 rings (SSSR count). The highest BCUT2D eigenvalue weighted by molar-refractivity contribution is 9.10. The number of carbonyl (C=O) groups is 1. The molecule has 0 aliphatic carbocycles. The number of hydrogen-bond acceptors (Lipinski definition) is 3. The fourth-order valence-corrected chi connectivity index (χ4v) is 1.68. The van der Waals surface area contributed by atoms with Crippen molar-refractivity contribution in [3.8, 4) is 11.4 Å². The van der Waals surface area contributed by atoms with Crippen molar-refractivity contribution in [3.63, 3.8) is 0 Å². The van der Waals surface area contributed by atoms with Crippen LogP contribution in [-0.2, 0) is 7.05 Å². The molecule has 5 nitrogen and oxygen atoms in total. The highest BCUT2D eigenvalue weighted by Gasteiger charge is 2.12. The van der Waals surface area contributed by atoms with Crippen LogP contribution in [0.15, 0.2) is 29.3 Å². The average Bonchev–Trinajstić information content (AvgIpc) is 2.60. The van der Waals surface area contributed by atoms with Gasteiger partial charge in [-0.3, -0.25) is 4.98 Å². The minimum absolute atomic E-state index is 0.197. The van der Waals surface area contributed by atoms with Gasteiger partial charge < -0.3 is 9.67 Å². The third-order valence-corrected chi connectivity index (χ3v) is 3.05. The maximum atomic E-state index is 10.8. The van der Waals surface area contributed by atoms with E-state index in [0.717, 1.165) is 4.60 Å². The Morgan fingerprint density at radius 1 is 1.50 bits per heavy atom. The lowest BCUT2D eigenvalue weighted by Gasteiger charge is -1.99. The summed E-state index contributed by atoms with van der Waals surface area (Å²) in [7, 11) is 1.83. The van der Waals surface area contributed by atoms with E-state index in [4.69, 9.17) is 5.11 Å². The third kappa shape index (κ3) is 1.83. The van der Waals surface area contributed by atoms with Crippen LogP contribution in [0.5, 0.6) is 0 Å². The molecule has 0 aliphatic heterocycles. The van der Waals surface area contributed by atoms with Crippen LogP contribution in [0.1, 0.15) is 10.4 Å². The summed E-state index contributed by atoms with van der Waals surface area (Å²) in [5, 5.41) is 8.87. The van der Waals surface area contributed by atoms with Gasteiger partial charge in [0.15, 0.2) is 0 Å². The first-order chi connectivity index (χ1) is 7.59. The molecule has 0 amide bonds. The van der Waals surface area contributed by atoms with Crippen molar-refractivity contribution in [1.82, 2.24) is 14.5 Å². The molecule has 0 aliphatic rings. The Balaban J connectivity index is 2.52. The van der Waals surface area contributed by atoms with Gasteiger partial charge in [0, 0.05) is 13.2 Å². The second-order valence-corrected chi connectivity index (χ2v) is 3.98. The van der Waals surface area contributed by atoms with Crippen LogP contribution in [-0.4, -0.2) is 25.6 Å². The number of aromatic nitrogens is 3. The van der Waals surface area contributed by atoms with Crippen LogP contribution in [0.2, 0.25) is 0 Å². The van der Waals surface area contributed by atoms with Crippen LogP contribution in [0, 0.1) is 0 Å². The number of nitrogens with zero attached hydrogens (tertiary/aromatic N) is 3. The fourth-order valence-electron chi connectivity index (χ4n) is 1.28. The third-order valence-electron chi connectivity index (χ3n) is 2.11. The molecule has 1 N–H and O–H groups in total. The van der Waals surface area contributed by atoms with E-state index in [-0.39, 0.29) is 5.56 Å². The number of halogens is 1. The molecule has 82 valence electrons. The monoisotopic (exact) mass is 281 g/mol. The van der Waals surface area contributed by atoms with Gasteiger partial charge in [-0.05, 0) is 28.1 Å². The van der Waals surface area contributed by atoms with Gasteiger partial charge in [-0.1, -0.05) is 0 Å². The SMILES string of the molecule is Cn1cnc(-c2cc(C(=O)O)ccn2)c1Br. The summed E-state index contributed by atoms with van der Waals surface area (Å²) < 4.78 is 2.55. The maximum absolute atomic E-state index is 10.8. The van der Waals surface area contributed by atoms with Crippen molar-refractivity contribution in [2.45, 2.75) is 0 Å². The Kier molecular flexibility index (Phi) is 2.74. The second kappa shape index (κ2) is 4.05. The zero-order chi connectivity index (χ0) is 11.7. The van der Waals surface area contributed by atoms with Crippen LogP contribution in [0.3, 0.4) is 0 Å². The minimum Gasteiger partial charge on any atom is -0.478 e. The Morgan fingerprint density at radius 3 is 2.81 bits per heavy atom. The summed E-state index contributed by atoms with van der Waals surface area (Å²) >= 11 is 3.36. The van der Waals surface area contributed by atoms with E-state index in [0.29, 0.717) is 11.4 Å². The molecular formula is C10H8BrN3O2. The average molecular weight is 282 g/mol. The number of carboxylic acids is 1. The Morgan fingerprint density at radius 2 is 2.25 bits per heavy atom. The quantitative estimate of drug-likeness (QED) is 0.914. The lowest BCUT2D eigenvalue weighted by molar-refractivity contribution is 0.0697. The number of imidazole rings is 1. The molecule has 6 heteroatoms. The fraction of sp³-hybridized carbons (Fsp3) is 0.100. The zero-order valence-electron chi connectivity index (χ0n) is 8.38. The van der Waals surface area contributed by atoms with Crippen molar-refractivity contribution in [2.75, 3.05) is 0 Å². The van der Waals surface area contributed by atoms with Crippen molar-refractivity contribution in [2.24, 2.45) is 7.05 Å². The van der Waals surface area contributed by atoms with Crippen molar-refractivity contribution >= 4 is 21.9 Å². The standard InChI is InChI=1S/C10H8BrN3O2/c1-14-5-13-8(9(14)11)7-4-6(10(15)16)2-3-12-7/h2-5H,1H3,(H,15,16). The van der Waals surface area contributed by atoms with Crippen LogP contribution >= 0.6 is 15.9 Å². The van der Waals surface area contributed by atoms with Crippen LogP contribution in [0.25, 0.3) is 11.4 Å². The molecule has 0 atom stereocenters. The second-order valence-electron chi connectivity index (χ2n) is 3.23. The van der Waals surface area contributed by atoms with Crippen LogP contribution < -0.4 is 0 Å². The van der Waals surface area contributed by atoms with Crippen LogP contribution in [0.4, 0.5) is 0 Å². The number of hydrogen-bond donors (Lipinski definition) is 1. The molecule has 0 aromatic carbocycles. The Bertz CT molecular complexity index is 551. The molecule has 0 saturated carbocycles. The zero-order valence-corrected chi connectivity index (χ0v) is 9.97. The number of carboxylic acid groups (broad SMARTS) is 1. The van der Waals surface area contributed by atoms with E-state index >= 15 is 0 Å². The van der Waals surface area contributed by atoms with E-state index in [1.807, 2.05) is 7.05 Å². The lowest BCUT2D eigenvalue weighted by Crippen LogP contribution is -1.97. The summed E-state index contributed by atoms with van der Waals surface area (Å²) in [5.41, 5.74) is 1.36. The first-order valence-electron chi connectivity index (χ1n) is 4.46. The summed E-state index contributed by atoms with van der Waals surface area (Å²) in [4.78, 5) is 19.1. The Hall–Kier alpha value is -1.69. The summed E-state index contributed by atoms with van der Waals surface area (Å²) in [6, 6.07) is 2.94. The van der Waals surface area contributed by atoms with Gasteiger partial charge in [-0.25, -0.2) is 9.78 Å². The molecule has 2 heterocycles. The molecule has 0 radical (unpaired) electrons. The largest absolute Gasteiger partial charge is 0.478 e. The molecule has 2 aromatic heterocycles. The van der Waals surface area contributed by atoms with Gasteiger partial charge in [0.05, 0.1) is 17.6 Å². The first kappa shape index (κ1) is 10.8. The smallest absolute Gasteiger partial charge is 0.335 e. The van der Waals surface area contributed by atoms with Gasteiger partial charge >= 0.3 is 5.97 Å². The molecule has 0 saturated heterocycles. The minimum atomic E-state index is -0.976. The predicted octanol–water partition coefficient (Wildman–Crippen LogP) is 1.94. The van der Waals surface area contributed by atoms with Gasteiger partial charge in [-0.15, -0.1) is 0 Å². The van der Waals surface area contributed by atoms with E-state index in [2.05, 4.69) is 25.9 Å². The highest BCUT2D eigenvalue weighted by atomic mass is 79.9. The number of aromatic carboxylic acids is 1. The molecule has 16 heavy (non-hydrogen) atoms. The molecule has 0 unspecified atom stereocenters. The van der Waals surface area contributed by atoms with Gasteiger partial charge in [0.25, 0.3) is 0 Å². The molecule has 2 aromatic rings. The number of aryl methyl sites for hydroxylation is 1. The highest BCUT2D eigenvalue weighted by Crippen LogP contribution is 2.24. The molecule has 0 bridgehead atoms. The van der Waals surface area contributed by atoms with E-state index < -0.39 is 5.97 Å². The van der Waals surface area contributed by atoms with Crippen molar-refractivity contribution in [1.29, 1.82) is 0 Å². The molecule has 0 fully saturated rings. The Labute approximate surface area is 99.9 Å². The van der Waals surface area contributed by atoms with Gasteiger partial charge in [0.2, 0.25) is 0 Å². The van der Waals surface area contributed by atoms with Gasteiger partial charge in [-0.2, -0.15) is 0 Å². The summed E-state index contributed by atoms with van der Waals surface area (Å²) in [5.74, 6) is -0.976. The van der Waals surface area contributed by atoms with Crippen molar-refractivity contribution in [3.05, 3.63) is 34.8 Å². The van der Waals surface area contributed by atoms with E-state index in [1.54, 1.807) is 10.9 Å². The number of rotatable bonds is 2. The first-order valence-corrected chi connectivity index (χ1v) is 5.25. The normalized spacial score (nSPS) is 10.4. The van der Waals surface area contributed by atoms with Crippen molar-refractivity contribution < 1.29 is 9.90 Å². The topological polar surface area (TPSA) is 68.0 Å². The molecular weight excluding hydrogens is 274 g/mol. The van der Waals surface area contributed by atoms with E-state index in [9.17, 15) is 4.79 Å². The predicted molar refractivity (Wildman–Crippen MR) is 61.1 cm³/mol. The number of pyridine rings is 1.